The summed E-state index contributed by atoms with van der Waals surface area (Å²) in [5.74, 6) is -3.51. The topological polar surface area (TPSA) is 193 Å². The average Bonchev–Trinajstić information content (AvgIpc) is 2.92. The lowest BCUT2D eigenvalue weighted by Gasteiger charge is -2.33. The van der Waals surface area contributed by atoms with Crippen molar-refractivity contribution in [3.05, 3.63) is 65.0 Å². The fraction of sp³-hybridized carbons (Fsp3) is 0.357. The van der Waals surface area contributed by atoms with E-state index in [1.807, 2.05) is 4.90 Å². The maximum atomic E-state index is 15.3. The van der Waals surface area contributed by atoms with E-state index >= 15 is 4.39 Å². The maximum absolute atomic E-state index is 15.3. The van der Waals surface area contributed by atoms with E-state index in [1.54, 1.807) is 25.1 Å². The first-order valence-corrected chi connectivity index (χ1v) is 14.8. The molecule has 3 rings (SSSR count). The van der Waals surface area contributed by atoms with E-state index in [1.165, 1.54) is 31.2 Å². The molecule has 6 N–H and O–H groups in total. The molecule has 1 amide bonds. The number of benzene rings is 2. The molecule has 0 atom stereocenters. The summed E-state index contributed by atoms with van der Waals surface area (Å²) in [5, 5.41) is 15.4. The molecule has 1 aliphatic rings. The molecule has 1 saturated heterocycles. The van der Waals surface area contributed by atoms with Crippen LogP contribution in [0.1, 0.15) is 48.2 Å². The molecule has 42 heavy (non-hydrogen) atoms. The quantitative estimate of drug-likeness (QED) is 0.162. The number of nitrogens with two attached hydrogens (primary N) is 2. The van der Waals surface area contributed by atoms with E-state index < -0.39 is 40.0 Å². The minimum atomic E-state index is -4.50. The van der Waals surface area contributed by atoms with Gasteiger partial charge in [0, 0.05) is 31.5 Å². The van der Waals surface area contributed by atoms with Crippen molar-refractivity contribution in [2.75, 3.05) is 36.3 Å². The van der Waals surface area contributed by atoms with Crippen molar-refractivity contribution in [1.82, 2.24) is 4.90 Å². The number of esters is 1. The second kappa shape index (κ2) is 13.9. The number of amidine groups is 2. The number of halogens is 1. The van der Waals surface area contributed by atoms with Crippen LogP contribution in [0, 0.1) is 10.8 Å². The van der Waals surface area contributed by atoms with Crippen LogP contribution < -0.4 is 20.5 Å². The highest BCUT2D eigenvalue weighted by Crippen LogP contribution is 2.30. The number of ether oxygens (including phenoxy) is 2. The van der Waals surface area contributed by atoms with Crippen molar-refractivity contribution in [1.29, 1.82) is 10.8 Å². The molecule has 226 valence electrons. The molecule has 0 saturated carbocycles. The van der Waals surface area contributed by atoms with Gasteiger partial charge in [0.05, 0.1) is 30.2 Å². The fourth-order valence-electron chi connectivity index (χ4n) is 4.40. The molecule has 12 nitrogen and oxygen atoms in total. The summed E-state index contributed by atoms with van der Waals surface area (Å²) >= 11 is 0. The molecule has 0 aromatic heterocycles. The van der Waals surface area contributed by atoms with Crippen molar-refractivity contribution in [2.45, 2.75) is 32.8 Å². The standard InChI is InChI=1S/C28H35FN6O6S/c1-3-40-26(36)17-42(38,39)35(16-21(29)14-19-5-4-6-20(13-19)27(31)32)22-7-8-25(24(15-22)28(33)37)41-23-9-11-34(12-10-23)18(2)30/h4-8,13-15,23,30H,3,9-12,16-17H2,1-2H3,(H3,31,32)(H2,33,37)/b21-14-,30-18?. The van der Waals surface area contributed by atoms with Gasteiger partial charge in [0.1, 0.15) is 23.5 Å². The predicted octanol–water partition coefficient (Wildman–Crippen LogP) is 2.62. The molecule has 14 heteroatoms. The zero-order chi connectivity index (χ0) is 31.0. The second-order valence-electron chi connectivity index (χ2n) is 9.63. The molecular formula is C28H35FN6O6S. The van der Waals surface area contributed by atoms with E-state index in [9.17, 15) is 18.0 Å². The molecule has 1 fully saturated rings. The number of nitrogens with one attached hydrogen (secondary N) is 2. The van der Waals surface area contributed by atoms with Gasteiger partial charge in [-0.1, -0.05) is 18.2 Å². The third-order valence-electron chi connectivity index (χ3n) is 6.48. The maximum Gasteiger partial charge on any atom is 0.323 e. The molecule has 2 aromatic carbocycles. The van der Waals surface area contributed by atoms with Gasteiger partial charge in [-0.2, -0.15) is 0 Å². The minimum absolute atomic E-state index is 0.0503. The Balaban J connectivity index is 1.96. The molecule has 2 aromatic rings. The smallest absolute Gasteiger partial charge is 0.323 e. The monoisotopic (exact) mass is 602 g/mol. The summed E-state index contributed by atoms with van der Waals surface area (Å²) in [5.41, 5.74) is 11.6. The Hall–Kier alpha value is -4.46. The van der Waals surface area contributed by atoms with Crippen molar-refractivity contribution in [2.24, 2.45) is 11.5 Å². The summed E-state index contributed by atoms with van der Waals surface area (Å²) in [4.78, 5) is 26.4. The molecule has 1 aliphatic heterocycles. The Morgan fingerprint density at radius 2 is 1.83 bits per heavy atom. The van der Waals surface area contributed by atoms with Crippen LogP contribution in [0.4, 0.5) is 10.1 Å². The van der Waals surface area contributed by atoms with Crippen molar-refractivity contribution >= 4 is 45.3 Å². The second-order valence-corrected chi connectivity index (χ2v) is 11.5. The highest BCUT2D eigenvalue weighted by Gasteiger charge is 2.29. The van der Waals surface area contributed by atoms with Gasteiger partial charge in [0.2, 0.25) is 10.0 Å². The minimum Gasteiger partial charge on any atom is -0.489 e. The predicted molar refractivity (Wildman–Crippen MR) is 158 cm³/mol. The summed E-state index contributed by atoms with van der Waals surface area (Å²) in [7, 11) is -4.50. The Bertz CT molecular complexity index is 1490. The van der Waals surface area contributed by atoms with Gasteiger partial charge >= 0.3 is 5.97 Å². The van der Waals surface area contributed by atoms with Gasteiger partial charge in [-0.15, -0.1) is 0 Å². The van der Waals surface area contributed by atoms with Gasteiger partial charge < -0.3 is 25.8 Å². The molecule has 0 unspecified atom stereocenters. The Kier molecular flexibility index (Phi) is 10.6. The first-order valence-electron chi connectivity index (χ1n) is 13.2. The zero-order valence-corrected chi connectivity index (χ0v) is 24.2. The number of carbonyl (C=O) groups is 2. The SMILES string of the molecule is CCOC(=O)CS(=O)(=O)N(C/C(F)=C/c1cccc(C(=N)N)c1)c1ccc(OC2CCN(C(C)=N)CC2)c(C(N)=O)c1. The van der Waals surface area contributed by atoms with Crippen molar-refractivity contribution in [3.8, 4) is 5.75 Å². The molecule has 0 bridgehead atoms. The van der Waals surface area contributed by atoms with Crippen molar-refractivity contribution < 1.29 is 31.9 Å². The third-order valence-corrected chi connectivity index (χ3v) is 8.10. The zero-order valence-electron chi connectivity index (χ0n) is 23.4. The number of nitrogens with zero attached hydrogens (tertiary/aromatic N) is 2. The molecule has 1 heterocycles. The van der Waals surface area contributed by atoms with E-state index in [0.29, 0.717) is 47.2 Å². The number of rotatable bonds is 12. The number of primary amides is 1. The summed E-state index contributed by atoms with van der Waals surface area (Å²) in [6, 6.07) is 10.1. The highest BCUT2D eigenvalue weighted by molar-refractivity contribution is 7.93. The lowest BCUT2D eigenvalue weighted by Crippen LogP contribution is -2.40. The van der Waals surface area contributed by atoms with Crippen LogP contribution in [-0.2, 0) is 19.6 Å². The molecule has 0 spiro atoms. The van der Waals surface area contributed by atoms with Crippen LogP contribution >= 0.6 is 0 Å². The Morgan fingerprint density at radius 1 is 1.14 bits per heavy atom. The summed E-state index contributed by atoms with van der Waals surface area (Å²) in [6.07, 6.45) is 2.00. The van der Waals surface area contributed by atoms with Crippen LogP contribution in [0.2, 0.25) is 0 Å². The lowest BCUT2D eigenvalue weighted by molar-refractivity contribution is -0.139. The van der Waals surface area contributed by atoms with Crippen LogP contribution in [0.5, 0.6) is 5.75 Å². The third kappa shape index (κ3) is 8.52. The number of hydrogen-bond donors (Lipinski definition) is 4. The van der Waals surface area contributed by atoms with Gasteiger partial charge in [-0.25, -0.2) is 12.8 Å². The van der Waals surface area contributed by atoms with Crippen LogP contribution in [-0.4, -0.2) is 75.0 Å². The first-order chi connectivity index (χ1) is 19.8. The van der Waals surface area contributed by atoms with E-state index in [-0.39, 0.29) is 35.5 Å². The van der Waals surface area contributed by atoms with E-state index in [0.717, 1.165) is 6.08 Å². The molecule has 0 radical (unpaired) electrons. The van der Waals surface area contributed by atoms with E-state index in [2.05, 4.69) is 0 Å². The number of piperidine rings is 1. The van der Waals surface area contributed by atoms with Crippen LogP contribution in [0.3, 0.4) is 0 Å². The molecule has 0 aliphatic carbocycles. The van der Waals surface area contributed by atoms with Crippen molar-refractivity contribution in [3.63, 3.8) is 0 Å². The Labute approximate surface area is 244 Å². The lowest BCUT2D eigenvalue weighted by atomic mass is 10.1. The highest BCUT2D eigenvalue weighted by atomic mass is 32.2. The summed E-state index contributed by atoms with van der Waals surface area (Å²) < 4.78 is 53.5. The fourth-order valence-corrected chi connectivity index (χ4v) is 5.69. The first kappa shape index (κ1) is 32.1. The van der Waals surface area contributed by atoms with Gasteiger partial charge in [0.25, 0.3) is 5.91 Å². The van der Waals surface area contributed by atoms with Gasteiger partial charge in [0.15, 0.2) is 5.75 Å². The number of anilines is 1. The number of sulfonamides is 1. The normalized spacial score (nSPS) is 14.3. The molecular weight excluding hydrogens is 567 g/mol. The number of carbonyl (C=O) groups excluding carboxylic acids is 2. The Morgan fingerprint density at radius 3 is 2.43 bits per heavy atom. The van der Waals surface area contributed by atoms with Gasteiger partial charge in [-0.05, 0) is 49.8 Å². The average molecular weight is 603 g/mol. The van der Waals surface area contributed by atoms with Crippen LogP contribution in [0.15, 0.2) is 48.3 Å². The number of amides is 1. The largest absolute Gasteiger partial charge is 0.489 e. The van der Waals surface area contributed by atoms with Crippen LogP contribution in [0.25, 0.3) is 6.08 Å². The summed E-state index contributed by atoms with van der Waals surface area (Å²) in [6.45, 7) is 3.56. The van der Waals surface area contributed by atoms with E-state index in [4.69, 9.17) is 31.8 Å². The van der Waals surface area contributed by atoms with Gasteiger partial charge in [-0.3, -0.25) is 24.7 Å². The number of likely N-dealkylation sites (tertiary alicyclic amines) is 1. The number of nitrogen functional groups attached to an aromatic ring is 1. The number of hydrogen-bond acceptors (Lipinski definition) is 8.